The van der Waals surface area contributed by atoms with Gasteiger partial charge >= 0.3 is 0 Å². The molecule has 0 bridgehead atoms. The minimum absolute atomic E-state index is 0.353. The van der Waals surface area contributed by atoms with E-state index in [1.165, 1.54) is 27.8 Å². The van der Waals surface area contributed by atoms with Crippen LogP contribution in [0.3, 0.4) is 0 Å². The second kappa shape index (κ2) is 6.23. The van der Waals surface area contributed by atoms with Crippen LogP contribution in [-0.4, -0.2) is 0 Å². The van der Waals surface area contributed by atoms with E-state index in [1.807, 2.05) is 0 Å². The summed E-state index contributed by atoms with van der Waals surface area (Å²) in [5, 5.41) is 3.71. The lowest BCUT2D eigenvalue weighted by molar-refractivity contribution is 0.491. The van der Waals surface area contributed by atoms with E-state index in [0.29, 0.717) is 12.1 Å². The van der Waals surface area contributed by atoms with Gasteiger partial charge in [0.15, 0.2) is 0 Å². The van der Waals surface area contributed by atoms with Gasteiger partial charge in [-0.1, -0.05) is 48.0 Å². The smallest absolute Gasteiger partial charge is 0.0302 e. The summed E-state index contributed by atoms with van der Waals surface area (Å²) in [5.41, 5.74) is 6.86. The van der Waals surface area contributed by atoms with Gasteiger partial charge < -0.3 is 5.32 Å². The molecule has 1 heteroatoms. The highest BCUT2D eigenvalue weighted by molar-refractivity contribution is 5.39. The molecule has 2 rings (SSSR count). The van der Waals surface area contributed by atoms with Gasteiger partial charge in [0, 0.05) is 12.1 Å². The Morgan fingerprint density at radius 1 is 0.800 bits per heavy atom. The van der Waals surface area contributed by atoms with Crippen molar-refractivity contribution in [2.24, 2.45) is 0 Å². The van der Waals surface area contributed by atoms with Crippen molar-refractivity contribution in [3.8, 4) is 0 Å². The quantitative estimate of drug-likeness (QED) is 0.819. The minimum atomic E-state index is 0.353. The molecule has 0 saturated carbocycles. The van der Waals surface area contributed by atoms with Crippen LogP contribution < -0.4 is 5.32 Å². The minimum Gasteiger partial charge on any atom is -0.304 e. The number of nitrogens with one attached hydrogen (secondary N) is 1. The Morgan fingerprint density at radius 3 is 1.90 bits per heavy atom. The number of rotatable bonds is 4. The zero-order chi connectivity index (χ0) is 14.7. The summed E-state index contributed by atoms with van der Waals surface area (Å²) in [6, 6.07) is 15.9. The van der Waals surface area contributed by atoms with Crippen molar-refractivity contribution in [3.05, 3.63) is 70.3 Å². The van der Waals surface area contributed by atoms with Crippen LogP contribution in [0, 0.1) is 20.8 Å². The van der Waals surface area contributed by atoms with Crippen LogP contribution in [0.4, 0.5) is 0 Å². The van der Waals surface area contributed by atoms with Gasteiger partial charge in [-0.25, -0.2) is 0 Å². The zero-order valence-electron chi connectivity index (χ0n) is 13.2. The predicted molar refractivity (Wildman–Crippen MR) is 87.1 cm³/mol. The fourth-order valence-electron chi connectivity index (χ4n) is 3.17. The molecule has 2 atom stereocenters. The first kappa shape index (κ1) is 14.8. The van der Waals surface area contributed by atoms with E-state index in [9.17, 15) is 0 Å². The Kier molecular flexibility index (Phi) is 4.61. The Hall–Kier alpha value is -1.60. The topological polar surface area (TPSA) is 12.0 Å². The van der Waals surface area contributed by atoms with Crippen molar-refractivity contribution in [2.45, 2.75) is 46.7 Å². The molecule has 0 aromatic heterocycles. The molecule has 106 valence electrons. The van der Waals surface area contributed by atoms with Gasteiger partial charge in [0.05, 0.1) is 0 Å². The van der Waals surface area contributed by atoms with E-state index in [2.05, 4.69) is 82.4 Å². The molecule has 0 spiro atoms. The molecule has 1 unspecified atom stereocenters. The normalized spacial score (nSPS) is 14.1. The summed E-state index contributed by atoms with van der Waals surface area (Å²) in [7, 11) is 0. The lowest BCUT2D eigenvalue weighted by Gasteiger charge is -2.24. The van der Waals surface area contributed by atoms with Crippen molar-refractivity contribution in [2.75, 3.05) is 0 Å². The third kappa shape index (κ3) is 3.29. The van der Waals surface area contributed by atoms with Gasteiger partial charge in [-0.3, -0.25) is 0 Å². The molecule has 20 heavy (non-hydrogen) atoms. The monoisotopic (exact) mass is 267 g/mol. The van der Waals surface area contributed by atoms with E-state index >= 15 is 0 Å². The van der Waals surface area contributed by atoms with Crippen LogP contribution in [0.25, 0.3) is 0 Å². The van der Waals surface area contributed by atoms with Crippen LogP contribution in [0.1, 0.15) is 53.7 Å². The largest absolute Gasteiger partial charge is 0.304 e. The lowest BCUT2D eigenvalue weighted by atomic mass is 9.94. The average molecular weight is 267 g/mol. The predicted octanol–water partition coefficient (Wildman–Crippen LogP) is 5.02. The van der Waals surface area contributed by atoms with E-state index in [-0.39, 0.29) is 0 Å². The molecule has 0 amide bonds. The van der Waals surface area contributed by atoms with Crippen molar-refractivity contribution < 1.29 is 0 Å². The molecule has 0 aliphatic heterocycles. The SMILES string of the molecule is Cc1cc(C)c(C(C)N[C@H](C)c2ccccc2)c(C)c1. The van der Waals surface area contributed by atoms with Crippen LogP contribution in [0.5, 0.6) is 0 Å². The highest BCUT2D eigenvalue weighted by Crippen LogP contribution is 2.25. The molecular formula is C19H25N. The fraction of sp³-hybridized carbons (Fsp3) is 0.368. The maximum Gasteiger partial charge on any atom is 0.0302 e. The Bertz CT molecular complexity index is 549. The maximum atomic E-state index is 3.71. The molecule has 0 saturated heterocycles. The van der Waals surface area contributed by atoms with Crippen molar-refractivity contribution >= 4 is 0 Å². The Morgan fingerprint density at radius 2 is 1.35 bits per heavy atom. The van der Waals surface area contributed by atoms with Crippen LogP contribution in [0.2, 0.25) is 0 Å². The second-order valence-corrected chi connectivity index (χ2v) is 5.83. The summed E-state index contributed by atoms with van der Waals surface area (Å²) in [6.45, 7) is 11.1. The van der Waals surface area contributed by atoms with Crippen molar-refractivity contribution in [3.63, 3.8) is 0 Å². The van der Waals surface area contributed by atoms with Crippen molar-refractivity contribution in [1.29, 1.82) is 0 Å². The van der Waals surface area contributed by atoms with E-state index in [0.717, 1.165) is 0 Å². The van der Waals surface area contributed by atoms with E-state index in [1.54, 1.807) is 0 Å². The number of benzene rings is 2. The molecule has 0 radical (unpaired) electrons. The standard InChI is InChI=1S/C19H25N/c1-13-11-14(2)19(15(3)12-13)17(5)20-16(4)18-9-7-6-8-10-18/h6-12,16-17,20H,1-5H3/t16-,17?/m1/s1. The highest BCUT2D eigenvalue weighted by atomic mass is 14.9. The molecule has 1 N–H and O–H groups in total. The molecule has 0 fully saturated rings. The van der Waals surface area contributed by atoms with E-state index < -0.39 is 0 Å². The second-order valence-electron chi connectivity index (χ2n) is 5.83. The zero-order valence-corrected chi connectivity index (χ0v) is 13.2. The maximum absolute atomic E-state index is 3.71. The van der Waals surface area contributed by atoms with Crippen molar-refractivity contribution in [1.82, 2.24) is 5.32 Å². The van der Waals surface area contributed by atoms with Gasteiger partial charge in [-0.05, 0) is 56.9 Å². The molecule has 0 aliphatic rings. The third-order valence-electron chi connectivity index (χ3n) is 3.97. The first-order chi connectivity index (χ1) is 9.49. The molecule has 2 aromatic carbocycles. The summed E-state index contributed by atoms with van der Waals surface area (Å²) in [5.74, 6) is 0. The van der Waals surface area contributed by atoms with Crippen LogP contribution in [0.15, 0.2) is 42.5 Å². The lowest BCUT2D eigenvalue weighted by Crippen LogP contribution is -2.23. The molecule has 1 nitrogen and oxygen atoms in total. The Labute approximate surface area is 123 Å². The van der Waals surface area contributed by atoms with E-state index in [4.69, 9.17) is 0 Å². The summed E-state index contributed by atoms with van der Waals surface area (Å²) < 4.78 is 0. The highest BCUT2D eigenvalue weighted by Gasteiger charge is 2.15. The number of hydrogen-bond acceptors (Lipinski definition) is 1. The van der Waals surface area contributed by atoms with Crippen LogP contribution in [-0.2, 0) is 0 Å². The van der Waals surface area contributed by atoms with Crippen LogP contribution >= 0.6 is 0 Å². The number of hydrogen-bond donors (Lipinski definition) is 1. The first-order valence-corrected chi connectivity index (χ1v) is 7.37. The Balaban J connectivity index is 2.19. The van der Waals surface area contributed by atoms with Gasteiger partial charge in [0.2, 0.25) is 0 Å². The van der Waals surface area contributed by atoms with Gasteiger partial charge in [-0.2, -0.15) is 0 Å². The average Bonchev–Trinajstić information content (AvgIpc) is 2.38. The third-order valence-corrected chi connectivity index (χ3v) is 3.97. The fourth-order valence-corrected chi connectivity index (χ4v) is 3.17. The molecular weight excluding hydrogens is 242 g/mol. The molecule has 2 aromatic rings. The summed E-state index contributed by atoms with van der Waals surface area (Å²) >= 11 is 0. The van der Waals surface area contributed by atoms with Gasteiger partial charge in [-0.15, -0.1) is 0 Å². The molecule has 0 aliphatic carbocycles. The van der Waals surface area contributed by atoms with Gasteiger partial charge in [0.1, 0.15) is 0 Å². The number of aryl methyl sites for hydroxylation is 3. The first-order valence-electron chi connectivity index (χ1n) is 7.37. The summed E-state index contributed by atoms with van der Waals surface area (Å²) in [4.78, 5) is 0. The summed E-state index contributed by atoms with van der Waals surface area (Å²) in [6.07, 6.45) is 0. The van der Waals surface area contributed by atoms with Gasteiger partial charge in [0.25, 0.3) is 0 Å². The molecule has 0 heterocycles.